The van der Waals surface area contributed by atoms with Gasteiger partial charge in [0.05, 0.1) is 11.6 Å². The molecule has 0 aromatic heterocycles. The zero-order valence-corrected chi connectivity index (χ0v) is 21.1. The molecule has 35 heavy (non-hydrogen) atoms. The number of aryl methyl sites for hydroxylation is 1. The third-order valence-electron chi connectivity index (χ3n) is 6.74. The van der Waals surface area contributed by atoms with Gasteiger partial charge in [0.15, 0.2) is 0 Å². The molecule has 1 unspecified atom stereocenters. The fourth-order valence-electron chi connectivity index (χ4n) is 4.61. The van der Waals surface area contributed by atoms with Crippen LogP contribution >= 0.6 is 11.6 Å². The fraction of sp³-hybridized carbons (Fsp3) is 0.241. The van der Waals surface area contributed by atoms with Crippen LogP contribution in [0.3, 0.4) is 0 Å². The Morgan fingerprint density at radius 2 is 1.57 bits per heavy atom. The number of rotatable bonds is 6. The lowest BCUT2D eigenvalue weighted by molar-refractivity contribution is -0.132. The fourth-order valence-corrected chi connectivity index (χ4v) is 4.74. The smallest absolute Gasteiger partial charge is 0.300 e. The number of ketones is 1. The summed E-state index contributed by atoms with van der Waals surface area (Å²) in [6, 6.07) is 19.3. The highest BCUT2D eigenvalue weighted by atomic mass is 35.5. The van der Waals surface area contributed by atoms with Gasteiger partial charge in [-0.15, -0.1) is 0 Å². The first-order valence-corrected chi connectivity index (χ1v) is 12.1. The van der Waals surface area contributed by atoms with Gasteiger partial charge in [-0.2, -0.15) is 0 Å². The summed E-state index contributed by atoms with van der Waals surface area (Å²) in [7, 11) is 0. The van der Waals surface area contributed by atoms with Gasteiger partial charge in [-0.05, 0) is 86.8 Å². The average Bonchev–Trinajstić information content (AvgIpc) is 3.12. The summed E-state index contributed by atoms with van der Waals surface area (Å²) < 4.78 is 0. The molecule has 5 nitrogen and oxygen atoms in total. The van der Waals surface area contributed by atoms with Crippen molar-refractivity contribution in [3.05, 3.63) is 99.6 Å². The minimum Gasteiger partial charge on any atom is -0.507 e. The molecule has 0 bridgehead atoms. The summed E-state index contributed by atoms with van der Waals surface area (Å²) in [6.45, 7) is 9.83. The van der Waals surface area contributed by atoms with Gasteiger partial charge < -0.3 is 10.0 Å². The largest absolute Gasteiger partial charge is 0.507 e. The number of halogens is 1. The van der Waals surface area contributed by atoms with Crippen LogP contribution in [0.5, 0.6) is 0 Å². The van der Waals surface area contributed by atoms with Crippen molar-refractivity contribution < 1.29 is 14.7 Å². The summed E-state index contributed by atoms with van der Waals surface area (Å²) in [4.78, 5) is 30.5. The van der Waals surface area contributed by atoms with Crippen LogP contribution in [0, 0.1) is 13.8 Å². The van der Waals surface area contributed by atoms with E-state index in [1.54, 1.807) is 24.3 Å². The highest BCUT2D eigenvalue weighted by molar-refractivity contribution is 6.51. The van der Waals surface area contributed by atoms with Crippen molar-refractivity contribution in [3.63, 3.8) is 0 Å². The van der Waals surface area contributed by atoms with Gasteiger partial charge in [0, 0.05) is 35.1 Å². The number of Topliss-reactive ketones (excluding diaryl/α,β-unsaturated/α-hetero) is 1. The monoisotopic (exact) mass is 488 g/mol. The molecule has 1 aliphatic rings. The van der Waals surface area contributed by atoms with Gasteiger partial charge in [0.1, 0.15) is 5.76 Å². The van der Waals surface area contributed by atoms with E-state index in [-0.39, 0.29) is 11.3 Å². The third kappa shape index (κ3) is 4.44. The lowest BCUT2D eigenvalue weighted by atomic mass is 9.94. The SMILES string of the molecule is CCN(CC)c1ccc(C2/C(=C(\O)c3ccc(Cl)cc3)C(=O)C(=O)N2c2cccc(C)c2C)cc1. The molecular weight excluding hydrogens is 460 g/mol. The summed E-state index contributed by atoms with van der Waals surface area (Å²) >= 11 is 6.02. The first kappa shape index (κ1) is 24.6. The number of benzene rings is 3. The Kier molecular flexibility index (Phi) is 6.99. The number of hydrogen-bond donors (Lipinski definition) is 1. The van der Waals surface area contributed by atoms with E-state index >= 15 is 0 Å². The number of carbonyl (C=O) groups excluding carboxylic acids is 2. The molecular formula is C29H29ClN2O3. The maximum atomic E-state index is 13.4. The van der Waals surface area contributed by atoms with Crippen LogP contribution in [0.15, 0.2) is 72.3 Å². The van der Waals surface area contributed by atoms with Crippen molar-refractivity contribution >= 4 is 40.4 Å². The van der Waals surface area contributed by atoms with E-state index in [9.17, 15) is 14.7 Å². The molecule has 1 amide bonds. The minimum absolute atomic E-state index is 0.0637. The number of hydrogen-bond acceptors (Lipinski definition) is 4. The van der Waals surface area contributed by atoms with Crippen molar-refractivity contribution in [1.29, 1.82) is 0 Å². The quantitative estimate of drug-likeness (QED) is 0.247. The molecule has 0 saturated carbocycles. The molecule has 1 heterocycles. The number of aliphatic hydroxyl groups is 1. The van der Waals surface area contributed by atoms with E-state index in [1.165, 1.54) is 4.90 Å². The predicted molar refractivity (Wildman–Crippen MR) is 142 cm³/mol. The van der Waals surface area contributed by atoms with E-state index in [0.29, 0.717) is 16.3 Å². The number of aliphatic hydroxyl groups excluding tert-OH is 1. The number of carbonyl (C=O) groups is 2. The maximum Gasteiger partial charge on any atom is 0.300 e. The van der Waals surface area contributed by atoms with Crippen molar-refractivity contribution in [2.75, 3.05) is 22.9 Å². The second-order valence-electron chi connectivity index (χ2n) is 8.66. The Labute approximate surface area is 211 Å². The van der Waals surface area contributed by atoms with E-state index in [0.717, 1.165) is 35.5 Å². The van der Waals surface area contributed by atoms with Gasteiger partial charge in [-0.1, -0.05) is 35.9 Å². The highest BCUT2D eigenvalue weighted by Gasteiger charge is 2.47. The molecule has 6 heteroatoms. The zero-order chi connectivity index (χ0) is 25.3. The topological polar surface area (TPSA) is 60.9 Å². The molecule has 4 rings (SSSR count). The van der Waals surface area contributed by atoms with E-state index in [2.05, 4.69) is 18.7 Å². The van der Waals surface area contributed by atoms with Gasteiger partial charge in [-0.25, -0.2) is 0 Å². The molecule has 3 aromatic rings. The first-order chi connectivity index (χ1) is 16.8. The third-order valence-corrected chi connectivity index (χ3v) is 6.99. The van der Waals surface area contributed by atoms with Gasteiger partial charge in [0.2, 0.25) is 0 Å². The van der Waals surface area contributed by atoms with E-state index in [4.69, 9.17) is 11.6 Å². The molecule has 1 saturated heterocycles. The first-order valence-electron chi connectivity index (χ1n) is 11.8. The van der Waals surface area contributed by atoms with Gasteiger partial charge in [0.25, 0.3) is 11.7 Å². The Bertz CT molecular complexity index is 1290. The summed E-state index contributed by atoms with van der Waals surface area (Å²) in [5.41, 5.74) is 4.87. The molecule has 1 atom stereocenters. The zero-order valence-electron chi connectivity index (χ0n) is 20.4. The normalized spacial score (nSPS) is 17.2. The lowest BCUT2D eigenvalue weighted by Gasteiger charge is -2.28. The molecule has 1 aliphatic heterocycles. The van der Waals surface area contributed by atoms with Crippen LogP contribution in [0.25, 0.3) is 5.76 Å². The maximum absolute atomic E-state index is 13.4. The summed E-state index contributed by atoms with van der Waals surface area (Å²) in [5.74, 6) is -1.59. The van der Waals surface area contributed by atoms with E-state index < -0.39 is 17.7 Å². The van der Waals surface area contributed by atoms with Crippen LogP contribution in [0.4, 0.5) is 11.4 Å². The van der Waals surface area contributed by atoms with Crippen LogP contribution in [0.1, 0.15) is 42.1 Å². The standard InChI is InChI=1S/C29H29ClN2O3/c1-5-31(6-2)23-16-12-20(13-17-23)26-25(27(33)21-10-14-22(30)15-11-21)28(34)29(35)32(26)24-9-7-8-18(3)19(24)4/h7-17,26,33H,5-6H2,1-4H3/b27-25+. The van der Waals surface area contributed by atoms with Crippen LogP contribution in [0.2, 0.25) is 5.02 Å². The van der Waals surface area contributed by atoms with Crippen molar-refractivity contribution in [1.82, 2.24) is 0 Å². The van der Waals surface area contributed by atoms with Crippen LogP contribution < -0.4 is 9.80 Å². The number of nitrogens with zero attached hydrogens (tertiary/aromatic N) is 2. The molecule has 1 N–H and O–H groups in total. The lowest BCUT2D eigenvalue weighted by Crippen LogP contribution is -2.30. The van der Waals surface area contributed by atoms with Gasteiger partial charge >= 0.3 is 0 Å². The second-order valence-corrected chi connectivity index (χ2v) is 9.10. The Morgan fingerprint density at radius 3 is 2.17 bits per heavy atom. The van der Waals surface area contributed by atoms with Crippen molar-refractivity contribution in [2.45, 2.75) is 33.7 Å². The van der Waals surface area contributed by atoms with Crippen LogP contribution in [-0.2, 0) is 9.59 Å². The van der Waals surface area contributed by atoms with Crippen LogP contribution in [-0.4, -0.2) is 29.9 Å². The predicted octanol–water partition coefficient (Wildman–Crippen LogP) is 6.43. The summed E-state index contributed by atoms with van der Waals surface area (Å²) in [5, 5.41) is 11.8. The Balaban J connectivity index is 1.93. The molecule has 0 aliphatic carbocycles. The van der Waals surface area contributed by atoms with E-state index in [1.807, 2.05) is 56.3 Å². The molecule has 0 spiro atoms. The molecule has 0 radical (unpaired) electrons. The minimum atomic E-state index is -0.767. The Hall–Kier alpha value is -3.57. The second kappa shape index (κ2) is 9.96. The average molecular weight is 489 g/mol. The molecule has 3 aromatic carbocycles. The van der Waals surface area contributed by atoms with Gasteiger partial charge in [-0.3, -0.25) is 14.5 Å². The summed E-state index contributed by atoms with van der Waals surface area (Å²) in [6.07, 6.45) is 0. The Morgan fingerprint density at radius 1 is 0.943 bits per heavy atom. The van der Waals surface area contributed by atoms with Crippen molar-refractivity contribution in [2.24, 2.45) is 0 Å². The van der Waals surface area contributed by atoms with Crippen molar-refractivity contribution in [3.8, 4) is 0 Å². The molecule has 1 fully saturated rings. The highest BCUT2D eigenvalue weighted by Crippen LogP contribution is 2.43. The number of amides is 1. The molecule has 180 valence electrons. The number of anilines is 2.